The first kappa shape index (κ1) is 22.6. The Labute approximate surface area is 185 Å². The average molecular weight is 420 g/mol. The summed E-state index contributed by atoms with van der Waals surface area (Å²) in [6, 6.07) is 15.3. The van der Waals surface area contributed by atoms with E-state index >= 15 is 0 Å². The highest BCUT2D eigenvalue weighted by molar-refractivity contribution is 6.05. The molecule has 1 heterocycles. The molecule has 3 rings (SSSR count). The molecule has 164 valence electrons. The molecule has 0 atom stereocenters. The van der Waals surface area contributed by atoms with Crippen molar-refractivity contribution in [1.29, 1.82) is 0 Å². The lowest BCUT2D eigenvalue weighted by atomic mass is 9.97. The summed E-state index contributed by atoms with van der Waals surface area (Å²) in [7, 11) is 0. The van der Waals surface area contributed by atoms with Crippen molar-refractivity contribution >= 4 is 29.3 Å². The second-order valence-electron chi connectivity index (χ2n) is 8.74. The molecule has 0 bridgehead atoms. The number of amides is 2. The van der Waals surface area contributed by atoms with E-state index in [2.05, 4.69) is 36.3 Å². The fraction of sp³-hybridized carbons (Fsp3) is 0.385. The van der Waals surface area contributed by atoms with Crippen LogP contribution >= 0.6 is 0 Å². The molecular formula is C26H33N3O2. The summed E-state index contributed by atoms with van der Waals surface area (Å²) in [6.45, 7) is 8.92. The zero-order valence-electron chi connectivity index (χ0n) is 18.7. The lowest BCUT2D eigenvalue weighted by Gasteiger charge is -2.33. The molecular weight excluding hydrogens is 386 g/mol. The molecule has 5 heteroatoms. The molecule has 31 heavy (non-hydrogen) atoms. The van der Waals surface area contributed by atoms with Crippen molar-refractivity contribution < 1.29 is 9.59 Å². The highest BCUT2D eigenvalue weighted by atomic mass is 16.2. The van der Waals surface area contributed by atoms with Crippen LogP contribution in [0.1, 0.15) is 49.5 Å². The quantitative estimate of drug-likeness (QED) is 0.624. The maximum Gasteiger partial charge on any atom is 0.253 e. The van der Waals surface area contributed by atoms with E-state index in [4.69, 9.17) is 0 Å². The van der Waals surface area contributed by atoms with Crippen LogP contribution in [0.25, 0.3) is 6.08 Å². The van der Waals surface area contributed by atoms with Gasteiger partial charge in [0.05, 0.1) is 5.56 Å². The van der Waals surface area contributed by atoms with E-state index in [-0.39, 0.29) is 11.8 Å². The predicted molar refractivity (Wildman–Crippen MR) is 128 cm³/mol. The molecule has 0 aromatic heterocycles. The first-order valence-electron chi connectivity index (χ1n) is 11.1. The standard InChI is InChI=1S/C26H33N3O2/c1-19(2)18-27-26(31)23-17-22(10-11-24(23)29-15-13-20(3)14-16-29)28-25(30)12-9-21-7-5-4-6-8-21/h4-12,17,19-20H,13-16,18H2,1-3H3,(H,27,31)(H,28,30)/b12-9+. The third-order valence-corrected chi connectivity index (χ3v) is 5.53. The van der Waals surface area contributed by atoms with Crippen LogP contribution in [0, 0.1) is 11.8 Å². The SMILES string of the molecule is CC(C)CNC(=O)c1cc(NC(=O)/C=C/c2ccccc2)ccc1N1CCC(C)CC1. The molecule has 0 spiro atoms. The van der Waals surface area contributed by atoms with Crippen molar-refractivity contribution in [1.82, 2.24) is 5.32 Å². The molecule has 2 N–H and O–H groups in total. The number of piperidine rings is 1. The van der Waals surface area contributed by atoms with Crippen LogP contribution in [0.5, 0.6) is 0 Å². The van der Waals surface area contributed by atoms with Gasteiger partial charge in [0.2, 0.25) is 5.91 Å². The van der Waals surface area contributed by atoms with Gasteiger partial charge in [0.25, 0.3) is 5.91 Å². The van der Waals surface area contributed by atoms with E-state index in [0.717, 1.165) is 37.2 Å². The fourth-order valence-corrected chi connectivity index (χ4v) is 3.63. The van der Waals surface area contributed by atoms with Crippen molar-refractivity contribution in [2.24, 2.45) is 11.8 Å². The lowest BCUT2D eigenvalue weighted by molar-refractivity contribution is -0.111. The molecule has 5 nitrogen and oxygen atoms in total. The smallest absolute Gasteiger partial charge is 0.253 e. The Kier molecular flexibility index (Phi) is 7.88. The van der Waals surface area contributed by atoms with E-state index in [0.29, 0.717) is 29.6 Å². The van der Waals surface area contributed by atoms with Crippen LogP contribution in [0.3, 0.4) is 0 Å². The number of rotatable bonds is 7. The summed E-state index contributed by atoms with van der Waals surface area (Å²) in [4.78, 5) is 27.6. The summed E-state index contributed by atoms with van der Waals surface area (Å²) in [6.07, 6.45) is 5.52. The van der Waals surface area contributed by atoms with Crippen molar-refractivity contribution in [2.45, 2.75) is 33.6 Å². The minimum absolute atomic E-state index is 0.0988. The summed E-state index contributed by atoms with van der Waals surface area (Å²) >= 11 is 0. The summed E-state index contributed by atoms with van der Waals surface area (Å²) in [5.41, 5.74) is 3.12. The Morgan fingerprint density at radius 3 is 2.48 bits per heavy atom. The van der Waals surface area contributed by atoms with Gasteiger partial charge < -0.3 is 15.5 Å². The van der Waals surface area contributed by atoms with Gasteiger partial charge in [-0.3, -0.25) is 9.59 Å². The van der Waals surface area contributed by atoms with Gasteiger partial charge in [-0.1, -0.05) is 51.1 Å². The second kappa shape index (κ2) is 10.8. The Balaban J connectivity index is 1.78. The Morgan fingerprint density at radius 1 is 1.10 bits per heavy atom. The average Bonchev–Trinajstić information content (AvgIpc) is 2.77. The van der Waals surface area contributed by atoms with Gasteiger partial charge in [-0.25, -0.2) is 0 Å². The first-order chi connectivity index (χ1) is 14.9. The van der Waals surface area contributed by atoms with E-state index in [1.165, 1.54) is 6.08 Å². The van der Waals surface area contributed by atoms with Crippen LogP contribution in [-0.4, -0.2) is 31.4 Å². The maximum absolute atomic E-state index is 13.0. The van der Waals surface area contributed by atoms with Gasteiger partial charge in [0, 0.05) is 37.1 Å². The molecule has 0 aliphatic carbocycles. The zero-order chi connectivity index (χ0) is 22.2. The molecule has 1 fully saturated rings. The molecule has 0 saturated carbocycles. The van der Waals surface area contributed by atoms with Crippen LogP contribution in [0.15, 0.2) is 54.6 Å². The molecule has 2 aromatic rings. The lowest BCUT2D eigenvalue weighted by Crippen LogP contribution is -2.35. The van der Waals surface area contributed by atoms with Crippen LogP contribution in [0.2, 0.25) is 0 Å². The normalized spacial score (nSPS) is 14.8. The fourth-order valence-electron chi connectivity index (χ4n) is 3.63. The number of nitrogens with one attached hydrogen (secondary N) is 2. The number of hydrogen-bond acceptors (Lipinski definition) is 3. The van der Waals surface area contributed by atoms with E-state index in [1.54, 1.807) is 12.1 Å². The van der Waals surface area contributed by atoms with Gasteiger partial charge in [0.15, 0.2) is 0 Å². The molecule has 0 radical (unpaired) electrons. The molecule has 1 aliphatic heterocycles. The Bertz CT molecular complexity index is 914. The van der Waals surface area contributed by atoms with E-state index in [9.17, 15) is 9.59 Å². The number of hydrogen-bond donors (Lipinski definition) is 2. The molecule has 1 aliphatic rings. The largest absolute Gasteiger partial charge is 0.371 e. The van der Waals surface area contributed by atoms with Gasteiger partial charge in [-0.2, -0.15) is 0 Å². The second-order valence-corrected chi connectivity index (χ2v) is 8.74. The topological polar surface area (TPSA) is 61.4 Å². The highest BCUT2D eigenvalue weighted by Crippen LogP contribution is 2.29. The highest BCUT2D eigenvalue weighted by Gasteiger charge is 2.21. The van der Waals surface area contributed by atoms with Crippen molar-refractivity contribution in [3.05, 3.63) is 65.7 Å². The number of carbonyl (C=O) groups is 2. The summed E-state index contributed by atoms with van der Waals surface area (Å²) < 4.78 is 0. The Morgan fingerprint density at radius 2 is 1.81 bits per heavy atom. The van der Waals surface area contributed by atoms with E-state index < -0.39 is 0 Å². The monoisotopic (exact) mass is 419 g/mol. The van der Waals surface area contributed by atoms with Gasteiger partial charge in [-0.15, -0.1) is 0 Å². The third kappa shape index (κ3) is 6.71. The molecule has 0 unspecified atom stereocenters. The summed E-state index contributed by atoms with van der Waals surface area (Å²) in [5.74, 6) is 0.758. The van der Waals surface area contributed by atoms with Crippen molar-refractivity contribution in [3.8, 4) is 0 Å². The Hall–Kier alpha value is -3.08. The van der Waals surface area contributed by atoms with Crippen LogP contribution in [-0.2, 0) is 4.79 Å². The number of nitrogens with zero attached hydrogens (tertiary/aromatic N) is 1. The molecule has 1 saturated heterocycles. The minimum Gasteiger partial charge on any atom is -0.371 e. The number of carbonyl (C=O) groups excluding carboxylic acids is 2. The number of anilines is 2. The zero-order valence-corrected chi connectivity index (χ0v) is 18.7. The van der Waals surface area contributed by atoms with Gasteiger partial charge >= 0.3 is 0 Å². The molecule has 2 amide bonds. The molecule has 2 aromatic carbocycles. The first-order valence-corrected chi connectivity index (χ1v) is 11.1. The van der Waals surface area contributed by atoms with Gasteiger partial charge in [-0.05, 0) is 54.5 Å². The van der Waals surface area contributed by atoms with E-state index in [1.807, 2.05) is 42.5 Å². The van der Waals surface area contributed by atoms with Gasteiger partial charge in [0.1, 0.15) is 0 Å². The summed E-state index contributed by atoms with van der Waals surface area (Å²) in [5, 5.41) is 5.91. The number of benzene rings is 2. The van der Waals surface area contributed by atoms with Crippen LogP contribution in [0.4, 0.5) is 11.4 Å². The minimum atomic E-state index is -0.225. The van der Waals surface area contributed by atoms with Crippen molar-refractivity contribution in [2.75, 3.05) is 29.9 Å². The maximum atomic E-state index is 13.0. The predicted octanol–water partition coefficient (Wildman–Crippen LogP) is 4.96. The van der Waals surface area contributed by atoms with Crippen LogP contribution < -0.4 is 15.5 Å². The van der Waals surface area contributed by atoms with Crippen molar-refractivity contribution in [3.63, 3.8) is 0 Å². The third-order valence-electron chi connectivity index (χ3n) is 5.53.